The highest BCUT2D eigenvalue weighted by Crippen LogP contribution is 2.34. The summed E-state index contributed by atoms with van der Waals surface area (Å²) < 4.78 is 0.671. The Labute approximate surface area is 138 Å². The molecule has 5 heteroatoms. The molecule has 110 valence electrons. The van der Waals surface area contributed by atoms with Gasteiger partial charge in [-0.3, -0.25) is 4.79 Å². The minimum absolute atomic E-state index is 0.112. The van der Waals surface area contributed by atoms with Crippen molar-refractivity contribution in [3.63, 3.8) is 0 Å². The summed E-state index contributed by atoms with van der Waals surface area (Å²) in [5.41, 5.74) is 1.36. The SMILES string of the molecule is O=C(c1ccc(Cl)s1)N1CCS[C@H](c2ccccc2)CC1. The number of thioether (sulfide) groups is 1. The van der Waals surface area contributed by atoms with Crippen molar-refractivity contribution < 1.29 is 4.79 Å². The van der Waals surface area contributed by atoms with Gasteiger partial charge in [-0.1, -0.05) is 41.9 Å². The summed E-state index contributed by atoms with van der Waals surface area (Å²) in [5.74, 6) is 1.09. The summed E-state index contributed by atoms with van der Waals surface area (Å²) in [6.07, 6.45) is 1.000. The lowest BCUT2D eigenvalue weighted by Gasteiger charge is -2.19. The molecule has 3 rings (SSSR count). The zero-order valence-corrected chi connectivity index (χ0v) is 13.9. The van der Waals surface area contributed by atoms with Crippen molar-refractivity contribution in [3.05, 3.63) is 57.2 Å². The lowest BCUT2D eigenvalue weighted by atomic mass is 10.1. The molecule has 0 radical (unpaired) electrons. The minimum atomic E-state index is 0.112. The van der Waals surface area contributed by atoms with Crippen LogP contribution >= 0.6 is 34.7 Å². The number of amides is 1. The average molecular weight is 338 g/mol. The first kappa shape index (κ1) is 14.9. The molecule has 1 fully saturated rings. The van der Waals surface area contributed by atoms with Gasteiger partial charge >= 0.3 is 0 Å². The largest absolute Gasteiger partial charge is 0.337 e. The smallest absolute Gasteiger partial charge is 0.264 e. The van der Waals surface area contributed by atoms with E-state index in [9.17, 15) is 4.79 Å². The van der Waals surface area contributed by atoms with E-state index in [-0.39, 0.29) is 5.91 Å². The Morgan fingerprint density at radius 3 is 2.67 bits per heavy atom. The van der Waals surface area contributed by atoms with Crippen molar-refractivity contribution in [1.82, 2.24) is 4.90 Å². The van der Waals surface area contributed by atoms with Crippen LogP contribution in [0.1, 0.15) is 26.9 Å². The van der Waals surface area contributed by atoms with Gasteiger partial charge in [-0.05, 0) is 24.1 Å². The summed E-state index contributed by atoms with van der Waals surface area (Å²) in [4.78, 5) is 15.2. The highest BCUT2D eigenvalue weighted by atomic mass is 35.5. The first-order chi connectivity index (χ1) is 10.2. The van der Waals surface area contributed by atoms with Crippen LogP contribution in [0.4, 0.5) is 0 Å². The number of carbonyl (C=O) groups is 1. The molecule has 0 unspecified atom stereocenters. The zero-order valence-electron chi connectivity index (χ0n) is 11.5. The van der Waals surface area contributed by atoms with E-state index < -0.39 is 0 Å². The van der Waals surface area contributed by atoms with E-state index in [1.54, 1.807) is 6.07 Å². The van der Waals surface area contributed by atoms with Crippen LogP contribution < -0.4 is 0 Å². The van der Waals surface area contributed by atoms with Gasteiger partial charge in [0.2, 0.25) is 0 Å². The Kier molecular flexibility index (Phi) is 4.88. The van der Waals surface area contributed by atoms with Gasteiger partial charge in [-0.2, -0.15) is 11.8 Å². The topological polar surface area (TPSA) is 20.3 Å². The molecule has 2 aromatic rings. The summed E-state index contributed by atoms with van der Waals surface area (Å²) in [5, 5.41) is 0.482. The Balaban J connectivity index is 1.67. The Morgan fingerprint density at radius 2 is 1.95 bits per heavy atom. The molecule has 1 aliphatic heterocycles. The number of hydrogen-bond acceptors (Lipinski definition) is 3. The average Bonchev–Trinajstić information content (AvgIpc) is 2.81. The molecule has 1 amide bonds. The number of halogens is 1. The third kappa shape index (κ3) is 3.62. The molecule has 0 spiro atoms. The molecule has 21 heavy (non-hydrogen) atoms. The van der Waals surface area contributed by atoms with Crippen LogP contribution in [0.15, 0.2) is 42.5 Å². The molecule has 1 saturated heterocycles. The minimum Gasteiger partial charge on any atom is -0.337 e. The monoisotopic (exact) mass is 337 g/mol. The lowest BCUT2D eigenvalue weighted by Crippen LogP contribution is -2.32. The van der Waals surface area contributed by atoms with Gasteiger partial charge < -0.3 is 4.90 Å². The summed E-state index contributed by atoms with van der Waals surface area (Å²) in [6.45, 7) is 1.61. The fourth-order valence-corrected chi connectivity index (χ4v) is 4.74. The van der Waals surface area contributed by atoms with E-state index in [2.05, 4.69) is 24.3 Å². The molecule has 0 bridgehead atoms. The summed E-state index contributed by atoms with van der Waals surface area (Å²) >= 11 is 9.23. The van der Waals surface area contributed by atoms with E-state index in [0.29, 0.717) is 9.59 Å². The van der Waals surface area contributed by atoms with Crippen molar-refractivity contribution in [1.29, 1.82) is 0 Å². The number of rotatable bonds is 2. The fraction of sp³-hybridized carbons (Fsp3) is 0.312. The van der Waals surface area contributed by atoms with Crippen molar-refractivity contribution in [2.45, 2.75) is 11.7 Å². The van der Waals surface area contributed by atoms with Gasteiger partial charge in [0.15, 0.2) is 0 Å². The lowest BCUT2D eigenvalue weighted by molar-refractivity contribution is 0.0771. The van der Waals surface area contributed by atoms with E-state index in [4.69, 9.17) is 11.6 Å². The maximum Gasteiger partial charge on any atom is 0.264 e. The van der Waals surface area contributed by atoms with Gasteiger partial charge in [0.25, 0.3) is 5.91 Å². The highest BCUT2D eigenvalue weighted by molar-refractivity contribution is 7.99. The van der Waals surface area contributed by atoms with Crippen LogP contribution in [-0.2, 0) is 0 Å². The fourth-order valence-electron chi connectivity index (χ4n) is 2.49. The van der Waals surface area contributed by atoms with Crippen LogP contribution in [0.25, 0.3) is 0 Å². The molecular weight excluding hydrogens is 322 g/mol. The van der Waals surface area contributed by atoms with Crippen LogP contribution in [0.3, 0.4) is 0 Å². The quantitative estimate of drug-likeness (QED) is 0.790. The van der Waals surface area contributed by atoms with Crippen molar-refractivity contribution in [2.24, 2.45) is 0 Å². The molecule has 0 N–H and O–H groups in total. The zero-order chi connectivity index (χ0) is 14.7. The third-order valence-electron chi connectivity index (χ3n) is 3.58. The normalized spacial score (nSPS) is 19.3. The second kappa shape index (κ2) is 6.86. The van der Waals surface area contributed by atoms with Crippen LogP contribution in [0, 0.1) is 0 Å². The molecule has 1 aliphatic rings. The third-order valence-corrected chi connectivity index (χ3v) is 6.13. The van der Waals surface area contributed by atoms with Crippen LogP contribution in [-0.4, -0.2) is 29.6 Å². The highest BCUT2D eigenvalue weighted by Gasteiger charge is 2.23. The molecular formula is C16H16ClNOS2. The molecule has 0 aliphatic carbocycles. The molecule has 1 atom stereocenters. The second-order valence-corrected chi connectivity index (χ2v) is 7.98. The number of benzene rings is 1. The number of nitrogens with zero attached hydrogens (tertiary/aromatic N) is 1. The predicted molar refractivity (Wildman–Crippen MR) is 91.5 cm³/mol. The Bertz CT molecular complexity index is 614. The predicted octanol–water partition coefficient (Wildman–Crippen LogP) is 4.72. The van der Waals surface area contributed by atoms with Crippen molar-refractivity contribution in [3.8, 4) is 0 Å². The maximum atomic E-state index is 12.5. The van der Waals surface area contributed by atoms with Crippen LogP contribution in [0.2, 0.25) is 4.34 Å². The Morgan fingerprint density at radius 1 is 1.14 bits per heavy atom. The number of carbonyl (C=O) groups excluding carboxylic acids is 1. The van der Waals surface area contributed by atoms with Gasteiger partial charge in [-0.15, -0.1) is 11.3 Å². The van der Waals surface area contributed by atoms with Gasteiger partial charge in [-0.25, -0.2) is 0 Å². The Hall–Kier alpha value is -0.970. The summed E-state index contributed by atoms with van der Waals surface area (Å²) in [7, 11) is 0. The van der Waals surface area contributed by atoms with Gasteiger partial charge in [0.05, 0.1) is 9.21 Å². The van der Waals surface area contributed by atoms with Gasteiger partial charge in [0, 0.05) is 24.1 Å². The van der Waals surface area contributed by atoms with Gasteiger partial charge in [0.1, 0.15) is 0 Å². The van der Waals surface area contributed by atoms with E-state index in [1.165, 1.54) is 16.9 Å². The first-order valence-corrected chi connectivity index (χ1v) is 9.19. The maximum absolute atomic E-state index is 12.5. The standard InChI is InChI=1S/C16H16ClNOS2/c17-15-7-6-14(21-15)16(19)18-9-8-13(20-11-10-18)12-4-2-1-3-5-12/h1-7,13H,8-11H2/t13-/m0/s1. The molecule has 2 heterocycles. The van der Waals surface area contributed by atoms with E-state index in [0.717, 1.165) is 30.1 Å². The van der Waals surface area contributed by atoms with E-state index in [1.807, 2.05) is 28.8 Å². The number of hydrogen-bond donors (Lipinski definition) is 0. The number of thiophene rings is 1. The summed E-state index contributed by atoms with van der Waals surface area (Å²) in [6, 6.07) is 14.2. The second-order valence-electron chi connectivity index (χ2n) is 4.95. The molecule has 1 aromatic carbocycles. The van der Waals surface area contributed by atoms with Crippen LogP contribution in [0.5, 0.6) is 0 Å². The molecule has 0 saturated carbocycles. The van der Waals surface area contributed by atoms with Crippen molar-refractivity contribution >= 4 is 40.6 Å². The van der Waals surface area contributed by atoms with Crippen molar-refractivity contribution in [2.75, 3.05) is 18.8 Å². The molecule has 1 aromatic heterocycles. The first-order valence-electron chi connectivity index (χ1n) is 6.95. The molecule has 2 nitrogen and oxygen atoms in total. The van der Waals surface area contributed by atoms with E-state index >= 15 is 0 Å².